The summed E-state index contributed by atoms with van der Waals surface area (Å²) >= 11 is 0. The second kappa shape index (κ2) is 13.1. The Morgan fingerprint density at radius 2 is 1.74 bits per heavy atom. The van der Waals surface area contributed by atoms with E-state index in [0.29, 0.717) is 18.4 Å². The van der Waals surface area contributed by atoms with Crippen molar-refractivity contribution in [1.29, 1.82) is 0 Å². The minimum Gasteiger partial charge on any atom is -0.354 e. The van der Waals surface area contributed by atoms with Crippen LogP contribution in [0.2, 0.25) is 0 Å². The van der Waals surface area contributed by atoms with Gasteiger partial charge >= 0.3 is 0 Å². The van der Waals surface area contributed by atoms with Gasteiger partial charge in [-0.1, -0.05) is 58.7 Å². The summed E-state index contributed by atoms with van der Waals surface area (Å²) in [6, 6.07) is 10.4. The van der Waals surface area contributed by atoms with Gasteiger partial charge < -0.3 is 14.7 Å². The predicted molar refractivity (Wildman–Crippen MR) is 146 cm³/mol. The van der Waals surface area contributed by atoms with Crippen LogP contribution < -0.4 is 4.90 Å². The number of anilines is 1. The minimum absolute atomic E-state index is 0.110. The Labute approximate surface area is 213 Å². The quantitative estimate of drug-likeness (QED) is 0.400. The molecule has 1 aliphatic heterocycles. The normalized spacial score (nSPS) is 15.6. The first-order valence-corrected chi connectivity index (χ1v) is 13.7. The predicted octanol–water partition coefficient (Wildman–Crippen LogP) is 5.52. The third-order valence-corrected chi connectivity index (χ3v) is 7.35. The third-order valence-electron chi connectivity index (χ3n) is 7.35. The van der Waals surface area contributed by atoms with Crippen LogP contribution in [-0.2, 0) is 11.3 Å². The van der Waals surface area contributed by atoms with E-state index in [1.807, 2.05) is 6.07 Å². The van der Waals surface area contributed by atoms with Gasteiger partial charge in [-0.3, -0.25) is 4.79 Å². The smallest absolute Gasteiger partial charge is 0.225 e. The molecule has 0 radical (unpaired) electrons. The van der Waals surface area contributed by atoms with Crippen LogP contribution in [0.3, 0.4) is 0 Å². The summed E-state index contributed by atoms with van der Waals surface area (Å²) in [4.78, 5) is 20.8. The van der Waals surface area contributed by atoms with Gasteiger partial charge in [-0.05, 0) is 51.3 Å². The van der Waals surface area contributed by atoms with E-state index in [1.165, 1.54) is 5.56 Å². The van der Waals surface area contributed by atoms with Gasteiger partial charge in [0.2, 0.25) is 5.91 Å². The molecular formula is C29H47N5O. The Kier molecular flexibility index (Phi) is 10.2. The number of carbonyl (C=O) groups excluding carboxylic acids is 1. The van der Waals surface area contributed by atoms with Crippen molar-refractivity contribution in [2.24, 2.45) is 11.8 Å². The molecule has 0 spiro atoms. The number of amides is 1. The zero-order valence-corrected chi connectivity index (χ0v) is 23.0. The van der Waals surface area contributed by atoms with E-state index in [-0.39, 0.29) is 5.92 Å². The molecule has 1 aliphatic rings. The van der Waals surface area contributed by atoms with Crippen LogP contribution in [0.1, 0.15) is 71.1 Å². The van der Waals surface area contributed by atoms with Crippen molar-refractivity contribution in [2.75, 3.05) is 44.7 Å². The number of rotatable bonds is 12. The van der Waals surface area contributed by atoms with Crippen LogP contribution in [0, 0.1) is 18.8 Å². The van der Waals surface area contributed by atoms with Gasteiger partial charge in [-0.25, -0.2) is 4.68 Å². The summed E-state index contributed by atoms with van der Waals surface area (Å²) in [5, 5.41) is 5.02. The lowest BCUT2D eigenvalue weighted by Crippen LogP contribution is -2.46. The van der Waals surface area contributed by atoms with Crippen molar-refractivity contribution in [3.63, 3.8) is 0 Å². The standard InChI is InChI=1S/C29H47N5O/c1-7-9-13-25(8-2)29(35)33(17-16-23(3)4)22-27-24(5)30-34(26-14-11-10-12-15-26)28(27)32-20-18-31(6)19-21-32/h10-12,14-15,23,25H,7-9,13,16-22H2,1-6H3. The topological polar surface area (TPSA) is 44.6 Å². The Balaban J connectivity index is 1.99. The molecule has 6 heteroatoms. The summed E-state index contributed by atoms with van der Waals surface area (Å²) in [7, 11) is 2.19. The van der Waals surface area contributed by atoms with Crippen LogP contribution in [-0.4, -0.2) is 65.3 Å². The molecule has 35 heavy (non-hydrogen) atoms. The van der Waals surface area contributed by atoms with Crippen molar-refractivity contribution in [3.05, 3.63) is 41.6 Å². The highest BCUT2D eigenvalue weighted by molar-refractivity contribution is 5.79. The van der Waals surface area contributed by atoms with Gasteiger partial charge in [0.1, 0.15) is 5.82 Å². The molecule has 1 aromatic carbocycles. The van der Waals surface area contributed by atoms with E-state index in [2.05, 4.69) is 85.3 Å². The third kappa shape index (κ3) is 7.09. The number of piperazine rings is 1. The SMILES string of the molecule is CCCCC(CC)C(=O)N(CCC(C)C)Cc1c(C)nn(-c2ccccc2)c1N1CCN(C)CC1. The number of carbonyl (C=O) groups is 1. The summed E-state index contributed by atoms with van der Waals surface area (Å²) in [5.41, 5.74) is 3.29. The Hall–Kier alpha value is -2.34. The van der Waals surface area contributed by atoms with Crippen molar-refractivity contribution in [1.82, 2.24) is 19.6 Å². The number of benzene rings is 1. The number of aromatic nitrogens is 2. The second-order valence-corrected chi connectivity index (χ2v) is 10.6. The average Bonchev–Trinajstić information content (AvgIpc) is 3.18. The number of unbranched alkanes of at least 4 members (excludes halogenated alkanes) is 1. The first-order chi connectivity index (χ1) is 16.8. The Morgan fingerprint density at radius 3 is 2.34 bits per heavy atom. The molecule has 0 N–H and O–H groups in total. The molecule has 2 heterocycles. The molecule has 1 atom stereocenters. The highest BCUT2D eigenvalue weighted by Crippen LogP contribution is 2.30. The molecule has 2 aromatic rings. The fourth-order valence-electron chi connectivity index (χ4n) is 4.91. The number of para-hydroxylation sites is 1. The van der Waals surface area contributed by atoms with Crippen LogP contribution in [0.4, 0.5) is 5.82 Å². The summed E-state index contributed by atoms with van der Waals surface area (Å²) in [5.74, 6) is 2.15. The maximum Gasteiger partial charge on any atom is 0.225 e. The molecule has 1 amide bonds. The van der Waals surface area contributed by atoms with Crippen molar-refractivity contribution in [3.8, 4) is 5.69 Å². The van der Waals surface area contributed by atoms with Gasteiger partial charge in [-0.15, -0.1) is 0 Å². The van der Waals surface area contributed by atoms with E-state index < -0.39 is 0 Å². The molecule has 3 rings (SSSR count). The largest absolute Gasteiger partial charge is 0.354 e. The van der Waals surface area contributed by atoms with E-state index in [0.717, 1.165) is 82.0 Å². The fourth-order valence-corrected chi connectivity index (χ4v) is 4.91. The molecular weight excluding hydrogens is 434 g/mol. The van der Waals surface area contributed by atoms with Gasteiger partial charge in [0, 0.05) is 44.2 Å². The monoisotopic (exact) mass is 481 g/mol. The Morgan fingerprint density at radius 1 is 1.06 bits per heavy atom. The van der Waals surface area contributed by atoms with Gasteiger partial charge in [0.05, 0.1) is 17.9 Å². The lowest BCUT2D eigenvalue weighted by atomic mass is 9.97. The maximum atomic E-state index is 13.8. The number of aryl methyl sites for hydroxylation is 1. The number of nitrogens with zero attached hydrogens (tertiary/aromatic N) is 5. The van der Waals surface area contributed by atoms with Gasteiger partial charge in [0.15, 0.2) is 0 Å². The lowest BCUT2D eigenvalue weighted by molar-refractivity contribution is -0.136. The molecule has 1 saturated heterocycles. The summed E-state index contributed by atoms with van der Waals surface area (Å²) < 4.78 is 2.11. The number of likely N-dealkylation sites (N-methyl/N-ethyl adjacent to an activating group) is 1. The van der Waals surface area contributed by atoms with Crippen molar-refractivity contribution < 1.29 is 4.79 Å². The van der Waals surface area contributed by atoms with E-state index in [9.17, 15) is 4.79 Å². The zero-order valence-electron chi connectivity index (χ0n) is 23.0. The van der Waals surface area contributed by atoms with E-state index in [1.54, 1.807) is 0 Å². The minimum atomic E-state index is 0.110. The first kappa shape index (κ1) is 27.3. The highest BCUT2D eigenvalue weighted by Gasteiger charge is 2.29. The van der Waals surface area contributed by atoms with Crippen molar-refractivity contribution >= 4 is 11.7 Å². The fraction of sp³-hybridized carbons (Fsp3) is 0.655. The highest BCUT2D eigenvalue weighted by atomic mass is 16.2. The summed E-state index contributed by atoms with van der Waals surface area (Å²) in [6.07, 6.45) is 5.15. The molecule has 0 bridgehead atoms. The number of hydrogen-bond donors (Lipinski definition) is 0. The molecule has 0 aliphatic carbocycles. The van der Waals surface area contributed by atoms with Gasteiger partial charge in [-0.2, -0.15) is 5.10 Å². The van der Waals surface area contributed by atoms with Crippen LogP contribution in [0.15, 0.2) is 30.3 Å². The summed E-state index contributed by atoms with van der Waals surface area (Å²) in [6.45, 7) is 16.4. The number of hydrogen-bond acceptors (Lipinski definition) is 4. The molecule has 0 saturated carbocycles. The maximum absolute atomic E-state index is 13.8. The molecule has 194 valence electrons. The van der Waals surface area contributed by atoms with Gasteiger partial charge in [0.25, 0.3) is 0 Å². The molecule has 1 unspecified atom stereocenters. The zero-order chi connectivity index (χ0) is 25.4. The molecule has 1 aromatic heterocycles. The molecule has 6 nitrogen and oxygen atoms in total. The second-order valence-electron chi connectivity index (χ2n) is 10.6. The lowest BCUT2D eigenvalue weighted by Gasteiger charge is -2.35. The first-order valence-electron chi connectivity index (χ1n) is 13.7. The van der Waals surface area contributed by atoms with Crippen LogP contribution >= 0.6 is 0 Å². The van der Waals surface area contributed by atoms with Crippen molar-refractivity contribution in [2.45, 2.75) is 73.3 Å². The Bertz CT molecular complexity index is 915. The van der Waals surface area contributed by atoms with E-state index >= 15 is 0 Å². The van der Waals surface area contributed by atoms with Crippen LogP contribution in [0.25, 0.3) is 5.69 Å². The average molecular weight is 482 g/mol. The molecule has 1 fully saturated rings. The van der Waals surface area contributed by atoms with E-state index in [4.69, 9.17) is 5.10 Å². The van der Waals surface area contributed by atoms with Crippen LogP contribution in [0.5, 0.6) is 0 Å².